The molecule has 0 aliphatic heterocycles. The number of urea groups is 1. The maximum Gasteiger partial charge on any atom is 0.319 e. The Balaban J connectivity index is 2.01. The molecule has 1 aliphatic rings. The lowest BCUT2D eigenvalue weighted by atomic mass is 9.82. The third-order valence-corrected chi connectivity index (χ3v) is 3.94. The van der Waals surface area contributed by atoms with Crippen LogP contribution in [0.3, 0.4) is 0 Å². The molecule has 20 heavy (non-hydrogen) atoms. The molecule has 5 nitrogen and oxygen atoms in total. The number of nitrogens with one attached hydrogen (secondary N) is 2. The van der Waals surface area contributed by atoms with Crippen LogP contribution in [0.5, 0.6) is 5.75 Å². The Kier molecular flexibility index (Phi) is 4.84. The van der Waals surface area contributed by atoms with E-state index in [1.807, 2.05) is 24.3 Å². The minimum atomic E-state index is -0.260. The van der Waals surface area contributed by atoms with Gasteiger partial charge in [-0.15, -0.1) is 0 Å². The zero-order chi connectivity index (χ0) is 14.4. The second-order valence-corrected chi connectivity index (χ2v) is 5.32. The summed E-state index contributed by atoms with van der Waals surface area (Å²) >= 11 is 0. The number of para-hydroxylation sites is 2. The van der Waals surface area contributed by atoms with Crippen LogP contribution < -0.4 is 21.1 Å². The van der Waals surface area contributed by atoms with E-state index in [0.717, 1.165) is 25.7 Å². The SMILES string of the molecule is COc1ccccc1NC(=O)NC1(CN)CCCCC1. The average Bonchev–Trinajstić information content (AvgIpc) is 2.48. The van der Waals surface area contributed by atoms with Crippen molar-refractivity contribution in [3.05, 3.63) is 24.3 Å². The number of anilines is 1. The molecule has 0 bridgehead atoms. The molecule has 110 valence electrons. The van der Waals surface area contributed by atoms with E-state index in [1.165, 1.54) is 6.42 Å². The van der Waals surface area contributed by atoms with Gasteiger partial charge in [0.05, 0.1) is 18.3 Å². The van der Waals surface area contributed by atoms with Gasteiger partial charge in [-0.2, -0.15) is 0 Å². The number of carbonyl (C=O) groups excluding carboxylic acids is 1. The normalized spacial score (nSPS) is 17.3. The van der Waals surface area contributed by atoms with E-state index in [9.17, 15) is 4.79 Å². The van der Waals surface area contributed by atoms with Crippen LogP contribution in [-0.2, 0) is 0 Å². The Morgan fingerprint density at radius 1 is 1.30 bits per heavy atom. The first-order valence-electron chi connectivity index (χ1n) is 7.11. The summed E-state index contributed by atoms with van der Waals surface area (Å²) in [5.41, 5.74) is 6.27. The maximum atomic E-state index is 12.2. The van der Waals surface area contributed by atoms with Crippen molar-refractivity contribution in [2.45, 2.75) is 37.6 Å². The first kappa shape index (κ1) is 14.7. The molecule has 2 rings (SSSR count). The molecule has 1 saturated carbocycles. The summed E-state index contributed by atoms with van der Waals surface area (Å²) in [5, 5.41) is 5.89. The molecular weight excluding hydrogens is 254 g/mol. The van der Waals surface area contributed by atoms with Gasteiger partial charge in [0.15, 0.2) is 0 Å². The summed E-state index contributed by atoms with van der Waals surface area (Å²) in [5.74, 6) is 0.646. The summed E-state index contributed by atoms with van der Waals surface area (Å²) in [7, 11) is 1.58. The average molecular weight is 277 g/mol. The Bertz CT molecular complexity index is 456. The molecule has 0 unspecified atom stereocenters. The number of benzene rings is 1. The molecule has 4 N–H and O–H groups in total. The van der Waals surface area contributed by atoms with Crippen molar-refractivity contribution in [1.29, 1.82) is 0 Å². The molecule has 1 aromatic carbocycles. The zero-order valence-corrected chi connectivity index (χ0v) is 11.9. The van der Waals surface area contributed by atoms with Crippen LogP contribution in [0, 0.1) is 0 Å². The molecular formula is C15H23N3O2. The van der Waals surface area contributed by atoms with Crippen molar-refractivity contribution in [3.63, 3.8) is 0 Å². The highest BCUT2D eigenvalue weighted by molar-refractivity contribution is 5.91. The smallest absolute Gasteiger partial charge is 0.319 e. The molecule has 2 amide bonds. The highest BCUT2D eigenvalue weighted by Crippen LogP contribution is 2.28. The van der Waals surface area contributed by atoms with Gasteiger partial charge in [0.2, 0.25) is 0 Å². The molecule has 1 aliphatic carbocycles. The number of ether oxygens (including phenoxy) is 1. The highest BCUT2D eigenvalue weighted by Gasteiger charge is 2.32. The van der Waals surface area contributed by atoms with Crippen LogP contribution in [0.1, 0.15) is 32.1 Å². The lowest BCUT2D eigenvalue weighted by molar-refractivity contribution is 0.215. The molecule has 0 spiro atoms. The van der Waals surface area contributed by atoms with Crippen LogP contribution in [0.15, 0.2) is 24.3 Å². The van der Waals surface area contributed by atoms with Crippen LogP contribution in [-0.4, -0.2) is 25.2 Å². The van der Waals surface area contributed by atoms with Crippen LogP contribution in [0.2, 0.25) is 0 Å². The predicted molar refractivity (Wildman–Crippen MR) is 80.0 cm³/mol. The van der Waals surface area contributed by atoms with Crippen LogP contribution in [0.4, 0.5) is 10.5 Å². The lowest BCUT2D eigenvalue weighted by Gasteiger charge is -2.37. The van der Waals surface area contributed by atoms with Gasteiger partial charge >= 0.3 is 6.03 Å². The second kappa shape index (κ2) is 6.61. The maximum absolute atomic E-state index is 12.2. The minimum absolute atomic E-state index is 0.221. The summed E-state index contributed by atoms with van der Waals surface area (Å²) in [6, 6.07) is 7.13. The molecule has 5 heteroatoms. The largest absolute Gasteiger partial charge is 0.495 e. The third-order valence-electron chi connectivity index (χ3n) is 3.94. The van der Waals surface area contributed by atoms with Crippen molar-refractivity contribution >= 4 is 11.7 Å². The van der Waals surface area contributed by atoms with Crippen molar-refractivity contribution in [2.24, 2.45) is 5.73 Å². The topological polar surface area (TPSA) is 76.4 Å². The molecule has 0 radical (unpaired) electrons. The van der Waals surface area contributed by atoms with Crippen LogP contribution >= 0.6 is 0 Å². The molecule has 0 heterocycles. The van der Waals surface area contributed by atoms with Crippen LogP contribution in [0.25, 0.3) is 0 Å². The van der Waals surface area contributed by atoms with Crippen molar-refractivity contribution < 1.29 is 9.53 Å². The lowest BCUT2D eigenvalue weighted by Crippen LogP contribution is -2.55. The van der Waals surface area contributed by atoms with Gasteiger partial charge in [-0.25, -0.2) is 4.79 Å². The minimum Gasteiger partial charge on any atom is -0.495 e. The molecule has 1 aromatic rings. The Morgan fingerprint density at radius 2 is 2.00 bits per heavy atom. The number of hydrogen-bond acceptors (Lipinski definition) is 3. The third kappa shape index (κ3) is 3.42. The van der Waals surface area contributed by atoms with Crippen molar-refractivity contribution in [3.8, 4) is 5.75 Å². The van der Waals surface area contributed by atoms with Gasteiger partial charge in [0, 0.05) is 6.54 Å². The zero-order valence-electron chi connectivity index (χ0n) is 11.9. The van der Waals surface area contributed by atoms with Crippen molar-refractivity contribution in [2.75, 3.05) is 19.0 Å². The van der Waals surface area contributed by atoms with E-state index in [1.54, 1.807) is 7.11 Å². The first-order chi connectivity index (χ1) is 9.69. The van der Waals surface area contributed by atoms with Gasteiger partial charge in [-0.3, -0.25) is 0 Å². The standard InChI is InChI=1S/C15H23N3O2/c1-20-13-8-4-3-7-12(13)17-14(19)18-15(11-16)9-5-2-6-10-15/h3-4,7-8H,2,5-6,9-11,16H2,1H3,(H2,17,18,19). The first-order valence-corrected chi connectivity index (χ1v) is 7.11. The van der Waals surface area contributed by atoms with Gasteiger partial charge in [-0.1, -0.05) is 31.4 Å². The fourth-order valence-electron chi connectivity index (χ4n) is 2.75. The number of carbonyl (C=O) groups is 1. The summed E-state index contributed by atoms with van der Waals surface area (Å²) in [6.07, 6.45) is 5.35. The monoisotopic (exact) mass is 277 g/mol. The van der Waals surface area contributed by atoms with Crippen molar-refractivity contribution in [1.82, 2.24) is 5.32 Å². The number of methoxy groups -OCH3 is 1. The Labute approximate surface area is 119 Å². The molecule has 0 saturated heterocycles. The summed E-state index contributed by atoms with van der Waals surface area (Å²) in [6.45, 7) is 0.479. The van der Waals surface area contributed by atoms with E-state index in [2.05, 4.69) is 10.6 Å². The Hall–Kier alpha value is -1.75. The van der Waals surface area contributed by atoms with Gasteiger partial charge < -0.3 is 21.1 Å². The second-order valence-electron chi connectivity index (χ2n) is 5.32. The highest BCUT2D eigenvalue weighted by atomic mass is 16.5. The van der Waals surface area contributed by atoms with Gasteiger partial charge in [-0.05, 0) is 25.0 Å². The van der Waals surface area contributed by atoms with E-state index >= 15 is 0 Å². The quantitative estimate of drug-likeness (QED) is 0.791. The number of rotatable bonds is 4. The Morgan fingerprint density at radius 3 is 2.65 bits per heavy atom. The number of nitrogens with two attached hydrogens (primary N) is 1. The van der Waals surface area contributed by atoms with E-state index in [0.29, 0.717) is 18.0 Å². The fraction of sp³-hybridized carbons (Fsp3) is 0.533. The molecule has 1 fully saturated rings. The van der Waals surface area contributed by atoms with E-state index < -0.39 is 0 Å². The van der Waals surface area contributed by atoms with E-state index in [4.69, 9.17) is 10.5 Å². The molecule has 0 atom stereocenters. The summed E-state index contributed by atoms with van der Waals surface area (Å²) in [4.78, 5) is 12.2. The molecule has 0 aromatic heterocycles. The van der Waals surface area contributed by atoms with E-state index in [-0.39, 0.29) is 11.6 Å². The fourth-order valence-corrected chi connectivity index (χ4v) is 2.75. The van der Waals surface area contributed by atoms with Gasteiger partial charge in [0.1, 0.15) is 5.75 Å². The predicted octanol–water partition coefficient (Wildman–Crippen LogP) is 2.48. The van der Waals surface area contributed by atoms with Gasteiger partial charge in [0.25, 0.3) is 0 Å². The number of amides is 2. The summed E-state index contributed by atoms with van der Waals surface area (Å²) < 4.78 is 5.22. The number of hydrogen-bond donors (Lipinski definition) is 3.